The van der Waals surface area contributed by atoms with E-state index in [1.807, 2.05) is 42.5 Å². The summed E-state index contributed by atoms with van der Waals surface area (Å²) in [6.07, 6.45) is 5.13. The molecule has 0 aliphatic carbocycles. The molecule has 0 saturated carbocycles. The molecule has 0 aromatic carbocycles. The van der Waals surface area contributed by atoms with Gasteiger partial charge in [-0.3, -0.25) is 14.6 Å². The molecule has 0 bridgehead atoms. The maximum absolute atomic E-state index is 5.96. The summed E-state index contributed by atoms with van der Waals surface area (Å²) >= 11 is 1.89. The second-order valence-electron chi connectivity index (χ2n) is 7.62. The molecule has 160 valence electrons. The number of morpholine rings is 1. The van der Waals surface area contributed by atoms with Gasteiger partial charge in [-0.1, -0.05) is 0 Å². The highest BCUT2D eigenvalue weighted by atomic mass is 127. The average molecular weight is 530 g/mol. The van der Waals surface area contributed by atoms with Gasteiger partial charge in [0.15, 0.2) is 5.96 Å². The van der Waals surface area contributed by atoms with Crippen LogP contribution in [-0.4, -0.2) is 71.4 Å². The van der Waals surface area contributed by atoms with Gasteiger partial charge in [0.2, 0.25) is 0 Å². The zero-order valence-corrected chi connectivity index (χ0v) is 20.5. The van der Waals surface area contributed by atoms with Crippen molar-refractivity contribution in [2.24, 2.45) is 12.0 Å². The van der Waals surface area contributed by atoms with Crippen LogP contribution in [0.25, 0.3) is 0 Å². The zero-order chi connectivity index (χ0) is 19.5. The first kappa shape index (κ1) is 22.5. The molecule has 2 aromatic rings. The van der Waals surface area contributed by atoms with Crippen molar-refractivity contribution >= 4 is 41.3 Å². The van der Waals surface area contributed by atoms with Crippen LogP contribution >= 0.6 is 35.3 Å². The number of thiophene rings is 1. The number of nitrogens with zero attached hydrogens (tertiary/aromatic N) is 5. The van der Waals surface area contributed by atoms with Crippen LogP contribution in [0.3, 0.4) is 0 Å². The van der Waals surface area contributed by atoms with Gasteiger partial charge < -0.3 is 15.0 Å². The smallest absolute Gasteiger partial charge is 0.193 e. The van der Waals surface area contributed by atoms with Crippen molar-refractivity contribution in [3.8, 4) is 0 Å². The molecule has 2 aliphatic heterocycles. The number of guanidine groups is 1. The Labute approximate surface area is 194 Å². The van der Waals surface area contributed by atoms with Gasteiger partial charge in [-0.05, 0) is 30.4 Å². The maximum Gasteiger partial charge on any atom is 0.193 e. The van der Waals surface area contributed by atoms with Gasteiger partial charge in [0.25, 0.3) is 0 Å². The van der Waals surface area contributed by atoms with Gasteiger partial charge in [-0.15, -0.1) is 35.3 Å². The minimum Gasteiger partial charge on any atom is -0.370 e. The first-order valence-corrected chi connectivity index (χ1v) is 10.9. The number of halogens is 1. The summed E-state index contributed by atoms with van der Waals surface area (Å²) in [5, 5.41) is 10.1. The molecule has 1 fully saturated rings. The summed E-state index contributed by atoms with van der Waals surface area (Å²) in [5.74, 6) is 0.956. The Morgan fingerprint density at radius 3 is 3.07 bits per heavy atom. The largest absolute Gasteiger partial charge is 0.370 e. The number of aromatic nitrogens is 2. The average Bonchev–Trinajstić information content (AvgIpc) is 3.36. The number of aliphatic imine (C=N–C) groups is 1. The van der Waals surface area contributed by atoms with Gasteiger partial charge >= 0.3 is 0 Å². The summed E-state index contributed by atoms with van der Waals surface area (Å²) in [6.45, 7) is 7.73. The van der Waals surface area contributed by atoms with E-state index in [1.165, 1.54) is 12.0 Å². The lowest BCUT2D eigenvalue weighted by atomic mass is 10.1. The zero-order valence-electron chi connectivity index (χ0n) is 17.4. The minimum atomic E-state index is 0. The Hall–Kier alpha value is -1.17. The van der Waals surface area contributed by atoms with E-state index >= 15 is 0 Å². The lowest BCUT2D eigenvalue weighted by molar-refractivity contribution is -0.00813. The Balaban J connectivity index is 0.00000240. The van der Waals surface area contributed by atoms with Crippen LogP contribution in [0.2, 0.25) is 0 Å². The van der Waals surface area contributed by atoms with Crippen molar-refractivity contribution < 1.29 is 4.74 Å². The quantitative estimate of drug-likeness (QED) is 0.374. The number of rotatable bonds is 4. The van der Waals surface area contributed by atoms with Crippen LogP contribution in [-0.2, 0) is 24.8 Å². The third kappa shape index (κ3) is 5.31. The van der Waals surface area contributed by atoms with Crippen molar-refractivity contribution in [3.63, 3.8) is 0 Å². The van der Waals surface area contributed by atoms with E-state index in [0.717, 1.165) is 44.2 Å². The summed E-state index contributed by atoms with van der Waals surface area (Å²) in [6, 6.07) is 2.73. The van der Waals surface area contributed by atoms with Crippen LogP contribution in [0.4, 0.5) is 0 Å². The fourth-order valence-electron chi connectivity index (χ4n) is 4.00. The number of nitrogens with one attached hydrogen (secondary N) is 1. The van der Waals surface area contributed by atoms with E-state index in [1.54, 1.807) is 4.88 Å². The third-order valence-electron chi connectivity index (χ3n) is 5.69. The van der Waals surface area contributed by atoms with Gasteiger partial charge in [-0.25, -0.2) is 0 Å². The minimum absolute atomic E-state index is 0. The number of hydrogen-bond donors (Lipinski definition) is 1. The Kier molecular flexibility index (Phi) is 7.94. The van der Waals surface area contributed by atoms with Crippen LogP contribution in [0.15, 0.2) is 28.8 Å². The molecule has 1 N–H and O–H groups in total. The van der Waals surface area contributed by atoms with E-state index in [0.29, 0.717) is 12.6 Å². The summed E-state index contributed by atoms with van der Waals surface area (Å²) in [7, 11) is 3.80. The maximum atomic E-state index is 5.96. The standard InChI is InChI=1S/C20H30N6OS.HI/c1-15(25-6-4-19-16(13-25)5-9-28-19)10-22-20(21-2)26-7-8-27-18(14-26)17-11-23-24(3)12-17;/h5,9,11-12,15,18H,4,6-8,10,13-14H2,1-3H3,(H,21,22);1H. The highest BCUT2D eigenvalue weighted by Gasteiger charge is 2.26. The van der Waals surface area contributed by atoms with Gasteiger partial charge in [0.1, 0.15) is 6.10 Å². The number of aryl methyl sites for hydroxylation is 1. The van der Waals surface area contributed by atoms with E-state index in [9.17, 15) is 0 Å². The third-order valence-corrected chi connectivity index (χ3v) is 6.71. The molecule has 2 atom stereocenters. The molecule has 29 heavy (non-hydrogen) atoms. The second kappa shape index (κ2) is 10.2. The first-order chi connectivity index (χ1) is 13.6. The second-order valence-corrected chi connectivity index (χ2v) is 8.62. The summed E-state index contributed by atoms with van der Waals surface area (Å²) in [5.41, 5.74) is 2.62. The molecular weight excluding hydrogens is 499 g/mol. The Bertz CT molecular complexity index is 822. The monoisotopic (exact) mass is 530 g/mol. The molecule has 2 aliphatic rings. The predicted octanol–water partition coefficient (Wildman–Crippen LogP) is 2.50. The highest BCUT2D eigenvalue weighted by molar-refractivity contribution is 14.0. The summed E-state index contributed by atoms with van der Waals surface area (Å²) in [4.78, 5) is 10.9. The Morgan fingerprint density at radius 2 is 2.31 bits per heavy atom. The topological polar surface area (TPSA) is 57.9 Å². The van der Waals surface area contributed by atoms with E-state index in [2.05, 4.69) is 43.6 Å². The molecule has 2 aromatic heterocycles. The van der Waals surface area contributed by atoms with Crippen molar-refractivity contribution in [2.45, 2.75) is 32.0 Å². The van der Waals surface area contributed by atoms with E-state index in [4.69, 9.17) is 4.74 Å². The molecule has 9 heteroatoms. The highest BCUT2D eigenvalue weighted by Crippen LogP contribution is 2.25. The van der Waals surface area contributed by atoms with Gasteiger partial charge in [0, 0.05) is 63.0 Å². The number of ether oxygens (including phenoxy) is 1. The molecule has 2 unspecified atom stereocenters. The van der Waals surface area contributed by atoms with Gasteiger partial charge in [-0.2, -0.15) is 5.10 Å². The van der Waals surface area contributed by atoms with Gasteiger partial charge in [0.05, 0.1) is 19.3 Å². The fraction of sp³-hybridized carbons (Fsp3) is 0.600. The summed E-state index contributed by atoms with van der Waals surface area (Å²) < 4.78 is 7.79. The van der Waals surface area contributed by atoms with Crippen molar-refractivity contribution in [2.75, 3.05) is 39.8 Å². The van der Waals surface area contributed by atoms with Crippen LogP contribution < -0.4 is 5.32 Å². The Morgan fingerprint density at radius 1 is 1.45 bits per heavy atom. The van der Waals surface area contributed by atoms with Crippen molar-refractivity contribution in [1.82, 2.24) is 24.9 Å². The fourth-order valence-corrected chi connectivity index (χ4v) is 4.89. The molecule has 4 heterocycles. The molecular formula is C20H31IN6OS. The molecule has 0 spiro atoms. The molecule has 1 saturated heterocycles. The van der Waals surface area contributed by atoms with Crippen molar-refractivity contribution in [1.29, 1.82) is 0 Å². The molecule has 4 rings (SSSR count). The lowest BCUT2D eigenvalue weighted by Crippen LogP contribution is -2.51. The normalized spacial score (nSPS) is 21.4. The van der Waals surface area contributed by atoms with Crippen LogP contribution in [0.5, 0.6) is 0 Å². The van der Waals surface area contributed by atoms with Crippen LogP contribution in [0, 0.1) is 0 Å². The van der Waals surface area contributed by atoms with Crippen molar-refractivity contribution in [3.05, 3.63) is 39.8 Å². The molecule has 0 amide bonds. The number of hydrogen-bond acceptors (Lipinski definition) is 5. The molecule has 0 radical (unpaired) electrons. The van der Waals surface area contributed by atoms with Crippen LogP contribution in [0.1, 0.15) is 29.0 Å². The predicted molar refractivity (Wildman–Crippen MR) is 128 cm³/mol. The SMILES string of the molecule is CN=C(NCC(C)N1CCc2sccc2C1)N1CCOC(c2cnn(C)c2)C1.I. The van der Waals surface area contributed by atoms with E-state index < -0.39 is 0 Å². The molecule has 7 nitrogen and oxygen atoms in total. The number of fused-ring (bicyclic) bond motifs is 1. The first-order valence-electron chi connectivity index (χ1n) is 9.99. The lowest BCUT2D eigenvalue weighted by Gasteiger charge is -2.36. The van der Waals surface area contributed by atoms with E-state index in [-0.39, 0.29) is 30.1 Å².